The number of nitrogens with one attached hydrogen (secondary N) is 1. The Bertz CT molecular complexity index is 118. The fraction of sp³-hybridized carbons (Fsp3) is 1.00. The number of hydrogen-bond donors (Lipinski definition) is 1. The molecular weight excluding hydrogens is 156 g/mol. The lowest BCUT2D eigenvalue weighted by Crippen LogP contribution is -2.56. The van der Waals surface area contributed by atoms with Gasteiger partial charge in [-0.3, -0.25) is 5.09 Å². The first kappa shape index (κ1) is 9.19. The quantitative estimate of drug-likeness (QED) is 0.622. The summed E-state index contributed by atoms with van der Waals surface area (Å²) < 4.78 is 5.25. The maximum Gasteiger partial charge on any atom is 0.132 e. The van der Waals surface area contributed by atoms with E-state index < -0.39 is 8.24 Å². The predicted molar refractivity (Wildman–Crippen MR) is 48.9 cm³/mol. The van der Waals surface area contributed by atoms with Gasteiger partial charge in [0.1, 0.15) is 8.24 Å². The molecule has 0 bridgehead atoms. The zero-order valence-electron chi connectivity index (χ0n) is 7.68. The molecule has 0 saturated carbocycles. The van der Waals surface area contributed by atoms with Crippen LogP contribution in [0.15, 0.2) is 0 Å². The highest BCUT2D eigenvalue weighted by Gasteiger charge is 2.18. The van der Waals surface area contributed by atoms with Gasteiger partial charge in [-0.15, -0.1) is 0 Å². The Morgan fingerprint density at radius 1 is 1.18 bits per heavy atom. The van der Waals surface area contributed by atoms with Crippen molar-refractivity contribution >= 4 is 8.24 Å². The van der Waals surface area contributed by atoms with Crippen LogP contribution in [0.5, 0.6) is 0 Å². The number of rotatable bonds is 2. The summed E-state index contributed by atoms with van der Waals surface area (Å²) in [4.78, 5) is 0. The highest BCUT2D eigenvalue weighted by atomic mass is 28.3. The van der Waals surface area contributed by atoms with E-state index in [1.165, 1.54) is 0 Å². The second-order valence-electron chi connectivity index (χ2n) is 3.96. The molecule has 1 aliphatic heterocycles. The average molecular weight is 174 g/mol. The van der Waals surface area contributed by atoms with Crippen LogP contribution in [0.25, 0.3) is 0 Å². The maximum atomic E-state index is 5.25. The van der Waals surface area contributed by atoms with Crippen LogP contribution in [0.3, 0.4) is 0 Å². The first-order chi connectivity index (χ1) is 5.08. The molecule has 0 unspecified atom stereocenters. The summed E-state index contributed by atoms with van der Waals surface area (Å²) in [5, 5.41) is 5.84. The minimum atomic E-state index is -1.12. The molecule has 0 aromatic heterocycles. The molecule has 1 rings (SSSR count). The van der Waals surface area contributed by atoms with E-state index in [2.05, 4.69) is 29.7 Å². The zero-order valence-corrected chi connectivity index (χ0v) is 8.68. The van der Waals surface area contributed by atoms with Crippen LogP contribution in [-0.2, 0) is 4.74 Å². The van der Waals surface area contributed by atoms with Crippen molar-refractivity contribution in [3.05, 3.63) is 0 Å². The standard InChI is InChI=1S/C7H18N2OSi/c1-11(2,3)8-9-4-6-10-7-5-9/h8H,4-7H2,1-3H3. The molecule has 1 fully saturated rings. The molecule has 11 heavy (non-hydrogen) atoms. The molecule has 3 nitrogen and oxygen atoms in total. The number of hydrazine groups is 1. The van der Waals surface area contributed by atoms with Gasteiger partial charge in [-0.1, -0.05) is 19.6 Å². The first-order valence-electron chi connectivity index (χ1n) is 4.18. The van der Waals surface area contributed by atoms with Crippen molar-refractivity contribution in [2.75, 3.05) is 26.3 Å². The van der Waals surface area contributed by atoms with E-state index in [-0.39, 0.29) is 0 Å². The average Bonchev–Trinajstić information content (AvgIpc) is 1.85. The van der Waals surface area contributed by atoms with Crippen molar-refractivity contribution < 1.29 is 4.74 Å². The molecule has 4 heteroatoms. The first-order valence-corrected chi connectivity index (χ1v) is 7.68. The predicted octanol–water partition coefficient (Wildman–Crippen LogP) is 0.658. The molecule has 1 N–H and O–H groups in total. The van der Waals surface area contributed by atoms with Crippen LogP contribution in [0.1, 0.15) is 0 Å². The van der Waals surface area contributed by atoms with E-state index in [4.69, 9.17) is 4.74 Å². The van der Waals surface area contributed by atoms with Gasteiger partial charge in [0.2, 0.25) is 0 Å². The van der Waals surface area contributed by atoms with Gasteiger partial charge in [-0.05, 0) is 0 Å². The zero-order chi connectivity index (χ0) is 8.32. The topological polar surface area (TPSA) is 24.5 Å². The fourth-order valence-corrected chi connectivity index (χ4v) is 2.32. The second kappa shape index (κ2) is 3.67. The van der Waals surface area contributed by atoms with E-state index in [1.807, 2.05) is 0 Å². The molecule has 0 aromatic carbocycles. The molecule has 0 aromatic rings. The smallest absolute Gasteiger partial charge is 0.132 e. The lowest BCUT2D eigenvalue weighted by Gasteiger charge is -2.33. The van der Waals surface area contributed by atoms with Gasteiger partial charge in [0.05, 0.1) is 13.2 Å². The Hall–Kier alpha value is 0.0969. The highest BCUT2D eigenvalue weighted by Crippen LogP contribution is 1.99. The van der Waals surface area contributed by atoms with Gasteiger partial charge in [0.15, 0.2) is 0 Å². The van der Waals surface area contributed by atoms with Crippen LogP contribution in [0.4, 0.5) is 0 Å². The molecule has 0 spiro atoms. The van der Waals surface area contributed by atoms with E-state index in [0.717, 1.165) is 26.3 Å². The van der Waals surface area contributed by atoms with E-state index in [1.54, 1.807) is 0 Å². The maximum absolute atomic E-state index is 5.25. The van der Waals surface area contributed by atoms with Gasteiger partial charge >= 0.3 is 0 Å². The van der Waals surface area contributed by atoms with E-state index >= 15 is 0 Å². The van der Waals surface area contributed by atoms with E-state index in [9.17, 15) is 0 Å². The Kier molecular flexibility index (Phi) is 3.06. The Morgan fingerprint density at radius 3 is 2.18 bits per heavy atom. The minimum Gasteiger partial charge on any atom is -0.379 e. The van der Waals surface area contributed by atoms with Gasteiger partial charge < -0.3 is 4.74 Å². The summed E-state index contributed by atoms with van der Waals surface area (Å²) in [7, 11) is -1.12. The van der Waals surface area contributed by atoms with Crippen molar-refractivity contribution in [3.63, 3.8) is 0 Å². The van der Waals surface area contributed by atoms with Crippen LogP contribution < -0.4 is 5.09 Å². The summed E-state index contributed by atoms with van der Waals surface area (Å²) in [6.45, 7) is 10.7. The summed E-state index contributed by atoms with van der Waals surface area (Å²) in [5.41, 5.74) is 0. The molecule has 1 heterocycles. The molecule has 0 atom stereocenters. The van der Waals surface area contributed by atoms with E-state index in [0.29, 0.717) is 0 Å². The minimum absolute atomic E-state index is 0.872. The van der Waals surface area contributed by atoms with Gasteiger partial charge in [-0.25, -0.2) is 5.01 Å². The lowest BCUT2D eigenvalue weighted by molar-refractivity contribution is 0.0254. The van der Waals surface area contributed by atoms with Crippen LogP contribution >= 0.6 is 0 Å². The number of morpholine rings is 1. The summed E-state index contributed by atoms with van der Waals surface area (Å²) in [6, 6.07) is 0. The fourth-order valence-electron chi connectivity index (χ4n) is 1.15. The summed E-state index contributed by atoms with van der Waals surface area (Å²) in [5.74, 6) is 0. The third-order valence-corrected chi connectivity index (χ3v) is 2.49. The van der Waals surface area contributed by atoms with Crippen molar-refractivity contribution in [2.45, 2.75) is 19.6 Å². The molecule has 0 amide bonds. The molecule has 1 aliphatic rings. The largest absolute Gasteiger partial charge is 0.379 e. The normalized spacial score (nSPS) is 22.1. The van der Waals surface area contributed by atoms with Gasteiger partial charge in [0.25, 0.3) is 0 Å². The number of ether oxygens (including phenoxy) is 1. The summed E-state index contributed by atoms with van der Waals surface area (Å²) in [6.07, 6.45) is 0. The second-order valence-corrected chi connectivity index (χ2v) is 8.68. The third-order valence-electron chi connectivity index (χ3n) is 1.50. The van der Waals surface area contributed by atoms with Crippen LogP contribution in [-0.4, -0.2) is 39.5 Å². The Balaban J connectivity index is 2.24. The van der Waals surface area contributed by atoms with Crippen molar-refractivity contribution in [1.29, 1.82) is 0 Å². The SMILES string of the molecule is C[Si](C)(C)NN1CCOCC1. The third kappa shape index (κ3) is 3.86. The highest BCUT2D eigenvalue weighted by molar-refractivity contribution is 6.73. The molecule has 66 valence electrons. The monoisotopic (exact) mass is 174 g/mol. The van der Waals surface area contributed by atoms with Crippen LogP contribution in [0, 0.1) is 0 Å². The number of nitrogens with zero attached hydrogens (tertiary/aromatic N) is 1. The van der Waals surface area contributed by atoms with Crippen molar-refractivity contribution in [3.8, 4) is 0 Å². The molecule has 1 saturated heterocycles. The Labute approximate surface area is 69.8 Å². The molecule has 0 radical (unpaired) electrons. The van der Waals surface area contributed by atoms with Crippen molar-refractivity contribution in [2.24, 2.45) is 0 Å². The lowest BCUT2D eigenvalue weighted by atomic mass is 10.5. The van der Waals surface area contributed by atoms with Crippen LogP contribution in [0.2, 0.25) is 19.6 Å². The van der Waals surface area contributed by atoms with Crippen molar-refractivity contribution in [1.82, 2.24) is 10.1 Å². The van der Waals surface area contributed by atoms with Gasteiger partial charge in [-0.2, -0.15) is 0 Å². The Morgan fingerprint density at radius 2 is 1.73 bits per heavy atom. The number of hydrogen-bond acceptors (Lipinski definition) is 3. The van der Waals surface area contributed by atoms with Gasteiger partial charge in [0, 0.05) is 13.1 Å². The summed E-state index contributed by atoms with van der Waals surface area (Å²) >= 11 is 0. The molecular formula is C7H18N2OSi. The molecule has 0 aliphatic carbocycles.